The Labute approximate surface area is 128 Å². The molecule has 118 valence electrons. The van der Waals surface area contributed by atoms with Gasteiger partial charge in [0.05, 0.1) is 11.7 Å². The van der Waals surface area contributed by atoms with E-state index in [0.29, 0.717) is 0 Å². The van der Waals surface area contributed by atoms with E-state index in [0.717, 1.165) is 43.5 Å². The number of piperazine rings is 1. The summed E-state index contributed by atoms with van der Waals surface area (Å²) >= 11 is 0. The van der Waals surface area contributed by atoms with Gasteiger partial charge in [-0.05, 0) is 21.0 Å². The SMILES string of the molecule is CCNc1cc(C(C)(C)C)nc(C2CN(C)CCN2C)n1. The third-order valence-electron chi connectivity index (χ3n) is 4.02. The molecule has 2 rings (SSSR count). The molecule has 1 saturated heterocycles. The zero-order valence-corrected chi connectivity index (χ0v) is 14.3. The number of hydrogen-bond donors (Lipinski definition) is 1. The topological polar surface area (TPSA) is 44.3 Å². The Morgan fingerprint density at radius 1 is 1.24 bits per heavy atom. The first kappa shape index (κ1) is 16.2. The number of rotatable bonds is 3. The number of nitrogens with one attached hydrogen (secondary N) is 1. The van der Waals surface area contributed by atoms with Gasteiger partial charge in [0.25, 0.3) is 0 Å². The Kier molecular flexibility index (Phi) is 4.84. The smallest absolute Gasteiger partial charge is 0.149 e. The Hall–Kier alpha value is -1.20. The summed E-state index contributed by atoms with van der Waals surface area (Å²) in [6.07, 6.45) is 0. The molecule has 0 saturated carbocycles. The molecule has 1 fully saturated rings. The maximum atomic E-state index is 4.88. The van der Waals surface area contributed by atoms with Crippen LogP contribution in [-0.2, 0) is 5.41 Å². The third kappa shape index (κ3) is 3.92. The van der Waals surface area contributed by atoms with Crippen LogP contribution in [0.25, 0.3) is 0 Å². The van der Waals surface area contributed by atoms with E-state index < -0.39 is 0 Å². The molecular weight excluding hydrogens is 262 g/mol. The number of aromatic nitrogens is 2. The first-order chi connectivity index (χ1) is 9.81. The second-order valence-corrected chi connectivity index (χ2v) is 7.04. The lowest BCUT2D eigenvalue weighted by atomic mass is 9.91. The summed E-state index contributed by atoms with van der Waals surface area (Å²) in [4.78, 5) is 14.3. The zero-order valence-electron chi connectivity index (χ0n) is 14.3. The fourth-order valence-electron chi connectivity index (χ4n) is 2.56. The Morgan fingerprint density at radius 2 is 1.95 bits per heavy atom. The van der Waals surface area contributed by atoms with Gasteiger partial charge in [0, 0.05) is 37.7 Å². The van der Waals surface area contributed by atoms with E-state index in [9.17, 15) is 0 Å². The van der Waals surface area contributed by atoms with Crippen molar-refractivity contribution in [2.24, 2.45) is 0 Å². The average Bonchev–Trinajstić information content (AvgIpc) is 2.40. The average molecular weight is 291 g/mol. The third-order valence-corrected chi connectivity index (χ3v) is 4.02. The van der Waals surface area contributed by atoms with Crippen LogP contribution in [0.2, 0.25) is 0 Å². The van der Waals surface area contributed by atoms with Crippen molar-refractivity contribution in [1.82, 2.24) is 19.8 Å². The van der Waals surface area contributed by atoms with Gasteiger partial charge in [0.15, 0.2) is 0 Å². The number of anilines is 1. The fraction of sp³-hybridized carbons (Fsp3) is 0.750. The summed E-state index contributed by atoms with van der Waals surface area (Å²) in [7, 11) is 4.33. The predicted octanol–water partition coefficient (Wildman–Crippen LogP) is 2.12. The predicted molar refractivity (Wildman–Crippen MR) is 87.8 cm³/mol. The highest BCUT2D eigenvalue weighted by Gasteiger charge is 2.28. The molecule has 5 heteroatoms. The number of nitrogens with zero attached hydrogens (tertiary/aromatic N) is 4. The first-order valence-electron chi connectivity index (χ1n) is 7.83. The minimum Gasteiger partial charge on any atom is -0.370 e. The summed E-state index contributed by atoms with van der Waals surface area (Å²) in [5.74, 6) is 1.88. The largest absolute Gasteiger partial charge is 0.370 e. The first-order valence-corrected chi connectivity index (χ1v) is 7.83. The van der Waals surface area contributed by atoms with Gasteiger partial charge in [-0.2, -0.15) is 0 Å². The Morgan fingerprint density at radius 3 is 2.57 bits per heavy atom. The van der Waals surface area contributed by atoms with Crippen LogP contribution < -0.4 is 5.32 Å². The molecule has 1 N–H and O–H groups in total. The van der Waals surface area contributed by atoms with E-state index in [1.165, 1.54) is 0 Å². The summed E-state index contributed by atoms with van der Waals surface area (Å²) < 4.78 is 0. The van der Waals surface area contributed by atoms with Crippen molar-refractivity contribution in [3.8, 4) is 0 Å². The van der Waals surface area contributed by atoms with Gasteiger partial charge in [-0.25, -0.2) is 9.97 Å². The Bertz CT molecular complexity index is 480. The van der Waals surface area contributed by atoms with Crippen molar-refractivity contribution in [3.05, 3.63) is 17.6 Å². The Balaban J connectivity index is 2.39. The fourth-order valence-corrected chi connectivity index (χ4v) is 2.56. The van der Waals surface area contributed by atoms with Crippen LogP contribution in [0.15, 0.2) is 6.07 Å². The molecule has 1 atom stereocenters. The lowest BCUT2D eigenvalue weighted by Crippen LogP contribution is -2.45. The van der Waals surface area contributed by atoms with Crippen LogP contribution in [0, 0.1) is 0 Å². The molecule has 1 unspecified atom stereocenters. The summed E-state index contributed by atoms with van der Waals surface area (Å²) in [5.41, 5.74) is 1.13. The van der Waals surface area contributed by atoms with Gasteiger partial charge in [-0.1, -0.05) is 20.8 Å². The van der Waals surface area contributed by atoms with Gasteiger partial charge in [-0.3, -0.25) is 4.90 Å². The van der Waals surface area contributed by atoms with Crippen LogP contribution in [0.1, 0.15) is 45.3 Å². The quantitative estimate of drug-likeness (QED) is 0.924. The molecule has 0 radical (unpaired) electrons. The molecule has 5 nitrogen and oxygen atoms in total. The molecule has 0 amide bonds. The van der Waals surface area contributed by atoms with Crippen LogP contribution >= 0.6 is 0 Å². The highest BCUT2D eigenvalue weighted by atomic mass is 15.3. The second-order valence-electron chi connectivity index (χ2n) is 7.04. The van der Waals surface area contributed by atoms with E-state index in [4.69, 9.17) is 9.97 Å². The normalized spacial score (nSPS) is 21.5. The van der Waals surface area contributed by atoms with E-state index in [2.05, 4.69) is 63.0 Å². The van der Waals surface area contributed by atoms with Crippen molar-refractivity contribution in [1.29, 1.82) is 0 Å². The molecule has 1 aliphatic rings. The number of hydrogen-bond acceptors (Lipinski definition) is 5. The molecule has 0 bridgehead atoms. The summed E-state index contributed by atoms with van der Waals surface area (Å²) in [6, 6.07) is 2.35. The van der Waals surface area contributed by atoms with Crippen LogP contribution in [-0.4, -0.2) is 60.0 Å². The van der Waals surface area contributed by atoms with Crippen molar-refractivity contribution < 1.29 is 0 Å². The molecule has 0 aliphatic carbocycles. The van der Waals surface area contributed by atoms with E-state index >= 15 is 0 Å². The highest BCUT2D eigenvalue weighted by molar-refractivity contribution is 5.38. The summed E-state index contributed by atoms with van der Waals surface area (Å²) in [6.45, 7) is 12.7. The summed E-state index contributed by atoms with van der Waals surface area (Å²) in [5, 5.41) is 3.34. The molecule has 1 aromatic rings. The van der Waals surface area contributed by atoms with E-state index in [-0.39, 0.29) is 11.5 Å². The lowest BCUT2D eigenvalue weighted by Gasteiger charge is -2.37. The van der Waals surface area contributed by atoms with Gasteiger partial charge >= 0.3 is 0 Å². The van der Waals surface area contributed by atoms with Crippen LogP contribution in [0.3, 0.4) is 0 Å². The monoisotopic (exact) mass is 291 g/mol. The highest BCUT2D eigenvalue weighted by Crippen LogP contribution is 2.27. The molecule has 1 aliphatic heterocycles. The molecule has 1 aromatic heterocycles. The second kappa shape index (κ2) is 6.28. The van der Waals surface area contributed by atoms with Crippen molar-refractivity contribution in [3.63, 3.8) is 0 Å². The lowest BCUT2D eigenvalue weighted by molar-refractivity contribution is 0.109. The maximum absolute atomic E-state index is 4.88. The van der Waals surface area contributed by atoms with Crippen molar-refractivity contribution in [2.75, 3.05) is 45.6 Å². The zero-order chi connectivity index (χ0) is 15.6. The van der Waals surface area contributed by atoms with Crippen molar-refractivity contribution >= 4 is 5.82 Å². The molecule has 21 heavy (non-hydrogen) atoms. The van der Waals surface area contributed by atoms with Crippen LogP contribution in [0.5, 0.6) is 0 Å². The maximum Gasteiger partial charge on any atom is 0.149 e. The minimum atomic E-state index is 0.0288. The van der Waals surface area contributed by atoms with E-state index in [1.54, 1.807) is 0 Å². The molecule has 0 spiro atoms. The molecule has 2 heterocycles. The minimum absolute atomic E-state index is 0.0288. The van der Waals surface area contributed by atoms with Gasteiger partial charge < -0.3 is 10.2 Å². The standard InChI is InChI=1S/C16H29N5/c1-7-17-14-10-13(16(2,3)4)18-15(19-14)12-11-20(5)8-9-21(12)6/h10,12H,7-9,11H2,1-6H3,(H,17,18,19). The molecule has 0 aromatic carbocycles. The van der Waals surface area contributed by atoms with E-state index in [1.807, 2.05) is 0 Å². The van der Waals surface area contributed by atoms with Gasteiger partial charge in [-0.15, -0.1) is 0 Å². The van der Waals surface area contributed by atoms with Gasteiger partial charge in [0.1, 0.15) is 11.6 Å². The van der Waals surface area contributed by atoms with Crippen LogP contribution in [0.4, 0.5) is 5.82 Å². The van der Waals surface area contributed by atoms with Crippen molar-refractivity contribution in [2.45, 2.75) is 39.2 Å². The molecular formula is C16H29N5. The van der Waals surface area contributed by atoms with Gasteiger partial charge in [0.2, 0.25) is 0 Å². The number of likely N-dealkylation sites (N-methyl/N-ethyl adjacent to an activating group) is 2.